The molecule has 9 heteroatoms. The van der Waals surface area contributed by atoms with Crippen LogP contribution in [0.2, 0.25) is 0 Å². The molecule has 1 aliphatic heterocycles. The van der Waals surface area contributed by atoms with E-state index < -0.39 is 11.9 Å². The summed E-state index contributed by atoms with van der Waals surface area (Å²) in [5.41, 5.74) is 2.36. The average molecular weight is 604 g/mol. The van der Waals surface area contributed by atoms with Crippen molar-refractivity contribution in [3.63, 3.8) is 0 Å². The normalized spacial score (nSPS) is 23.6. The minimum Gasteiger partial charge on any atom is -0.457 e. The van der Waals surface area contributed by atoms with Crippen LogP contribution in [-0.2, 0) is 14.3 Å². The lowest BCUT2D eigenvalue weighted by atomic mass is 9.84. The zero-order valence-corrected chi connectivity index (χ0v) is 26.6. The first-order chi connectivity index (χ1) is 21.5. The number of ether oxygens (including phenoxy) is 2. The van der Waals surface area contributed by atoms with Gasteiger partial charge in [0, 0.05) is 5.56 Å². The van der Waals surface area contributed by atoms with Crippen LogP contribution in [0.15, 0.2) is 34.3 Å². The summed E-state index contributed by atoms with van der Waals surface area (Å²) in [7, 11) is 0. The predicted octanol–water partition coefficient (Wildman–Crippen LogP) is 7.65. The Bertz CT molecular complexity index is 1280. The Hall–Kier alpha value is -3.36. The van der Waals surface area contributed by atoms with E-state index in [2.05, 4.69) is 39.0 Å². The molecule has 0 bridgehead atoms. The number of carbonyl (C=O) groups is 2. The van der Waals surface area contributed by atoms with Crippen LogP contribution in [0.25, 0.3) is 11.4 Å². The number of nitrogens with zero attached hydrogens (tertiary/aromatic N) is 4. The van der Waals surface area contributed by atoms with Gasteiger partial charge in [-0.1, -0.05) is 89.5 Å². The number of aromatic nitrogens is 3. The SMILES string of the molecule is CCCCCC1CCC(OC(=O)C2=NCC(c3ccc(-c4n[nH]c(C(=O)OC5CCC(CCCCC)CC5)n4)cc3)=N2)CC1. The quantitative estimate of drug-likeness (QED) is 0.175. The second-order valence-corrected chi connectivity index (χ2v) is 12.9. The molecule has 44 heavy (non-hydrogen) atoms. The number of unbranched alkanes of at least 4 members (excludes halogenated alkanes) is 4. The standard InChI is InChI=1S/C35H49N5O4/c1-3-5-7-9-24-11-19-28(20-12-24)43-34(41)32-36-23-30(37-32)26-15-17-27(18-16-26)31-38-33(40-39-31)35(42)44-29-21-13-25(14-22-29)10-8-6-4-2/h15-18,24-25,28-29H,3-14,19-23H2,1-2H3,(H,38,39,40). The largest absolute Gasteiger partial charge is 0.457 e. The maximum atomic E-state index is 12.7. The van der Waals surface area contributed by atoms with E-state index in [-0.39, 0.29) is 23.9 Å². The van der Waals surface area contributed by atoms with Crippen molar-refractivity contribution in [2.75, 3.05) is 6.54 Å². The van der Waals surface area contributed by atoms with Gasteiger partial charge in [-0.05, 0) is 68.8 Å². The van der Waals surface area contributed by atoms with Gasteiger partial charge in [-0.3, -0.25) is 10.1 Å². The van der Waals surface area contributed by atoms with Crippen molar-refractivity contribution in [1.82, 2.24) is 15.2 Å². The monoisotopic (exact) mass is 603 g/mol. The smallest absolute Gasteiger partial charge is 0.376 e. The molecule has 0 spiro atoms. The molecule has 3 aliphatic rings. The lowest BCUT2D eigenvalue weighted by Crippen LogP contribution is -2.27. The van der Waals surface area contributed by atoms with Gasteiger partial charge in [0.2, 0.25) is 11.7 Å². The van der Waals surface area contributed by atoms with Crippen LogP contribution in [0.3, 0.4) is 0 Å². The third-order valence-corrected chi connectivity index (χ3v) is 9.52. The van der Waals surface area contributed by atoms with Gasteiger partial charge in [0.1, 0.15) is 12.2 Å². The fraction of sp³-hybridized carbons (Fsp3) is 0.657. The number of aliphatic imine (C=N–C) groups is 2. The third-order valence-electron chi connectivity index (χ3n) is 9.52. The summed E-state index contributed by atoms with van der Waals surface area (Å²) in [5, 5.41) is 6.99. The fourth-order valence-electron chi connectivity index (χ4n) is 6.76. The van der Waals surface area contributed by atoms with Crippen LogP contribution >= 0.6 is 0 Å². The summed E-state index contributed by atoms with van der Waals surface area (Å²) in [6.45, 7) is 4.81. The van der Waals surface area contributed by atoms with Crippen LogP contribution in [0.5, 0.6) is 0 Å². The van der Waals surface area contributed by atoms with Crippen molar-refractivity contribution < 1.29 is 19.1 Å². The van der Waals surface area contributed by atoms with Crippen LogP contribution in [0.1, 0.15) is 133 Å². The summed E-state index contributed by atoms with van der Waals surface area (Å²) in [5.74, 6) is 1.34. The second kappa shape index (κ2) is 16.1. The topological polar surface area (TPSA) is 119 Å². The molecular formula is C35H49N5O4. The Kier molecular flexibility index (Phi) is 11.7. The highest BCUT2D eigenvalue weighted by atomic mass is 16.5. The van der Waals surface area contributed by atoms with E-state index in [0.29, 0.717) is 12.4 Å². The zero-order chi connectivity index (χ0) is 30.7. The second-order valence-electron chi connectivity index (χ2n) is 12.9. The van der Waals surface area contributed by atoms with Gasteiger partial charge in [0.05, 0.1) is 12.3 Å². The number of rotatable bonds is 14. The van der Waals surface area contributed by atoms with Gasteiger partial charge < -0.3 is 9.47 Å². The molecule has 0 radical (unpaired) electrons. The highest BCUT2D eigenvalue weighted by Gasteiger charge is 2.28. The van der Waals surface area contributed by atoms with E-state index in [1.165, 1.54) is 51.4 Å². The molecule has 2 aromatic rings. The highest BCUT2D eigenvalue weighted by Crippen LogP contribution is 2.31. The van der Waals surface area contributed by atoms with E-state index >= 15 is 0 Å². The number of aromatic amines is 1. The Morgan fingerprint density at radius 1 is 0.750 bits per heavy atom. The molecule has 1 N–H and O–H groups in total. The number of hydrogen-bond acceptors (Lipinski definition) is 8. The molecule has 2 fully saturated rings. The van der Waals surface area contributed by atoms with Gasteiger partial charge in [-0.25, -0.2) is 19.6 Å². The van der Waals surface area contributed by atoms with Gasteiger partial charge in [-0.15, -0.1) is 0 Å². The van der Waals surface area contributed by atoms with E-state index in [9.17, 15) is 9.59 Å². The Morgan fingerprint density at radius 2 is 1.30 bits per heavy atom. The lowest BCUT2D eigenvalue weighted by molar-refractivity contribution is -0.142. The third kappa shape index (κ3) is 8.85. The van der Waals surface area contributed by atoms with E-state index in [1.807, 2.05) is 24.3 Å². The zero-order valence-electron chi connectivity index (χ0n) is 26.6. The van der Waals surface area contributed by atoms with Crippen LogP contribution < -0.4 is 0 Å². The number of amidine groups is 1. The molecule has 1 aromatic heterocycles. The molecule has 0 atom stereocenters. The molecule has 2 heterocycles. The first-order valence-corrected chi connectivity index (χ1v) is 17.1. The minimum atomic E-state index is -0.452. The first-order valence-electron chi connectivity index (χ1n) is 17.1. The summed E-state index contributed by atoms with van der Waals surface area (Å²) >= 11 is 0. The van der Waals surface area contributed by atoms with Gasteiger partial charge in [-0.2, -0.15) is 5.10 Å². The van der Waals surface area contributed by atoms with Crippen molar-refractivity contribution >= 4 is 23.5 Å². The van der Waals surface area contributed by atoms with Crippen molar-refractivity contribution in [2.45, 2.75) is 129 Å². The van der Waals surface area contributed by atoms with Crippen molar-refractivity contribution in [1.29, 1.82) is 0 Å². The maximum Gasteiger partial charge on any atom is 0.376 e. The van der Waals surface area contributed by atoms with Crippen LogP contribution in [0, 0.1) is 11.8 Å². The molecule has 9 nitrogen and oxygen atoms in total. The lowest BCUT2D eigenvalue weighted by Gasteiger charge is -2.28. The molecule has 1 aromatic carbocycles. The molecule has 2 saturated carbocycles. The molecule has 0 unspecified atom stereocenters. The van der Waals surface area contributed by atoms with E-state index in [4.69, 9.17) is 9.47 Å². The summed E-state index contributed by atoms with van der Waals surface area (Å²) < 4.78 is 11.5. The molecule has 238 valence electrons. The van der Waals surface area contributed by atoms with E-state index in [0.717, 1.165) is 80.0 Å². The molecule has 5 rings (SSSR count). The summed E-state index contributed by atoms with van der Waals surface area (Å²) in [4.78, 5) is 38.7. The molecule has 0 amide bonds. The molecule has 2 aliphatic carbocycles. The van der Waals surface area contributed by atoms with Crippen molar-refractivity contribution in [3.05, 3.63) is 35.7 Å². The highest BCUT2D eigenvalue weighted by molar-refractivity contribution is 6.40. The average Bonchev–Trinajstić information content (AvgIpc) is 3.75. The predicted molar refractivity (Wildman–Crippen MR) is 172 cm³/mol. The van der Waals surface area contributed by atoms with E-state index in [1.54, 1.807) is 0 Å². The minimum absolute atomic E-state index is 0.0370. The Balaban J connectivity index is 1.07. The number of carbonyl (C=O) groups excluding carboxylic acids is 2. The van der Waals surface area contributed by atoms with Crippen molar-refractivity contribution in [2.24, 2.45) is 21.8 Å². The number of esters is 2. The van der Waals surface area contributed by atoms with Crippen LogP contribution in [0.4, 0.5) is 0 Å². The first kappa shape index (κ1) is 32.0. The number of hydrogen-bond donors (Lipinski definition) is 1. The maximum absolute atomic E-state index is 12.7. The van der Waals surface area contributed by atoms with Gasteiger partial charge in [0.15, 0.2) is 5.82 Å². The van der Waals surface area contributed by atoms with Gasteiger partial charge in [0.25, 0.3) is 0 Å². The summed E-state index contributed by atoms with van der Waals surface area (Å²) in [6, 6.07) is 7.58. The number of H-pyrrole nitrogens is 1. The molecule has 0 saturated heterocycles. The fourth-order valence-corrected chi connectivity index (χ4v) is 6.76. The van der Waals surface area contributed by atoms with Crippen LogP contribution in [-0.4, -0.2) is 57.4 Å². The Morgan fingerprint density at radius 3 is 1.86 bits per heavy atom. The number of benzene rings is 1. The summed E-state index contributed by atoms with van der Waals surface area (Å²) in [6.07, 6.45) is 18.4. The number of nitrogens with one attached hydrogen (secondary N) is 1. The van der Waals surface area contributed by atoms with Crippen molar-refractivity contribution in [3.8, 4) is 11.4 Å². The Labute approximate surface area is 261 Å². The van der Waals surface area contributed by atoms with Gasteiger partial charge >= 0.3 is 11.9 Å². The molecular weight excluding hydrogens is 554 g/mol.